The van der Waals surface area contributed by atoms with Gasteiger partial charge >= 0.3 is 6.18 Å². The molecule has 1 heterocycles. The number of hydrogen-bond donors (Lipinski definition) is 1. The predicted molar refractivity (Wildman–Crippen MR) is 70.1 cm³/mol. The number of nitrogens with two attached hydrogens (primary N) is 1. The van der Waals surface area contributed by atoms with Gasteiger partial charge in [0.05, 0.1) is 18.3 Å². The van der Waals surface area contributed by atoms with Crippen LogP contribution in [-0.4, -0.2) is 36.7 Å². The quantitative estimate of drug-likeness (QED) is 0.872. The van der Waals surface area contributed by atoms with Gasteiger partial charge in [0.25, 0.3) is 0 Å². The average molecular weight is 306 g/mol. The fourth-order valence-electron chi connectivity index (χ4n) is 2.36. The van der Waals surface area contributed by atoms with E-state index in [0.29, 0.717) is 31.3 Å². The molecular formula is C14H18F4N2O. The smallest absolute Gasteiger partial charge is 0.374 e. The van der Waals surface area contributed by atoms with Crippen molar-refractivity contribution >= 4 is 0 Å². The molecule has 1 aromatic carbocycles. The first kappa shape index (κ1) is 16.2. The van der Waals surface area contributed by atoms with Gasteiger partial charge < -0.3 is 10.5 Å². The molecule has 1 aliphatic heterocycles. The third kappa shape index (κ3) is 4.39. The van der Waals surface area contributed by atoms with Crippen LogP contribution in [0, 0.1) is 5.82 Å². The molecule has 2 atom stereocenters. The minimum Gasteiger partial charge on any atom is -0.374 e. The van der Waals surface area contributed by atoms with Crippen LogP contribution < -0.4 is 5.73 Å². The summed E-state index contributed by atoms with van der Waals surface area (Å²) in [5.74, 6) is -0.878. The SMILES string of the molecule is C[C@H](N)[C@H]1CN(Cc2cc(F)cc(C(F)(F)F)c2)CCO1. The van der Waals surface area contributed by atoms with E-state index in [1.165, 1.54) is 0 Å². The van der Waals surface area contributed by atoms with Crippen LogP contribution >= 0.6 is 0 Å². The van der Waals surface area contributed by atoms with E-state index in [1.807, 2.05) is 11.8 Å². The average Bonchev–Trinajstić information content (AvgIpc) is 2.37. The van der Waals surface area contributed by atoms with E-state index in [9.17, 15) is 17.6 Å². The van der Waals surface area contributed by atoms with E-state index in [1.54, 1.807) is 0 Å². The molecule has 1 aliphatic rings. The number of alkyl halides is 3. The normalized spacial score (nSPS) is 22.3. The zero-order chi connectivity index (χ0) is 15.6. The fourth-order valence-corrected chi connectivity index (χ4v) is 2.36. The number of halogens is 4. The van der Waals surface area contributed by atoms with Gasteiger partial charge in [-0.25, -0.2) is 4.39 Å². The summed E-state index contributed by atoms with van der Waals surface area (Å²) >= 11 is 0. The van der Waals surface area contributed by atoms with Gasteiger partial charge in [-0.1, -0.05) is 0 Å². The Kier molecular flexibility index (Phi) is 4.85. The summed E-state index contributed by atoms with van der Waals surface area (Å²) in [6, 6.07) is 2.46. The van der Waals surface area contributed by atoms with Crippen molar-refractivity contribution in [1.82, 2.24) is 4.90 Å². The van der Waals surface area contributed by atoms with Gasteiger partial charge in [0.1, 0.15) is 5.82 Å². The molecule has 2 N–H and O–H groups in total. The summed E-state index contributed by atoms with van der Waals surface area (Å²) in [4.78, 5) is 1.92. The van der Waals surface area contributed by atoms with Crippen molar-refractivity contribution in [3.05, 3.63) is 35.1 Å². The molecule has 1 fully saturated rings. The van der Waals surface area contributed by atoms with E-state index < -0.39 is 17.6 Å². The van der Waals surface area contributed by atoms with Gasteiger partial charge in [-0.05, 0) is 30.7 Å². The molecule has 1 saturated heterocycles. The van der Waals surface area contributed by atoms with Crippen molar-refractivity contribution in [2.45, 2.75) is 31.8 Å². The first-order chi connectivity index (χ1) is 9.75. The highest BCUT2D eigenvalue weighted by Gasteiger charge is 2.31. The largest absolute Gasteiger partial charge is 0.416 e. The Bertz CT molecular complexity index is 490. The van der Waals surface area contributed by atoms with Gasteiger partial charge in [-0.2, -0.15) is 13.2 Å². The van der Waals surface area contributed by atoms with Gasteiger partial charge in [0, 0.05) is 25.7 Å². The maximum atomic E-state index is 13.4. The van der Waals surface area contributed by atoms with Gasteiger partial charge in [-0.15, -0.1) is 0 Å². The molecule has 0 saturated carbocycles. The highest BCUT2D eigenvalue weighted by molar-refractivity contribution is 5.26. The highest BCUT2D eigenvalue weighted by atomic mass is 19.4. The third-order valence-corrected chi connectivity index (χ3v) is 3.46. The van der Waals surface area contributed by atoms with Crippen molar-refractivity contribution in [3.63, 3.8) is 0 Å². The molecule has 0 spiro atoms. The predicted octanol–water partition coefficient (Wildman–Crippen LogP) is 2.39. The van der Waals surface area contributed by atoms with Crippen LogP contribution in [0.25, 0.3) is 0 Å². The molecule has 2 rings (SSSR count). The van der Waals surface area contributed by atoms with E-state index in [4.69, 9.17) is 10.5 Å². The van der Waals surface area contributed by atoms with Crippen molar-refractivity contribution in [3.8, 4) is 0 Å². The number of morpholine rings is 1. The first-order valence-electron chi connectivity index (χ1n) is 6.72. The van der Waals surface area contributed by atoms with Gasteiger partial charge in [0.15, 0.2) is 0 Å². The summed E-state index contributed by atoms with van der Waals surface area (Å²) in [5.41, 5.74) is 5.10. The van der Waals surface area contributed by atoms with Crippen LogP contribution in [0.4, 0.5) is 17.6 Å². The molecule has 0 radical (unpaired) electrons. The van der Waals surface area contributed by atoms with Crippen LogP contribution in [0.1, 0.15) is 18.1 Å². The topological polar surface area (TPSA) is 38.5 Å². The number of benzene rings is 1. The Morgan fingerprint density at radius 1 is 1.38 bits per heavy atom. The Balaban J connectivity index is 2.10. The maximum absolute atomic E-state index is 13.4. The molecule has 0 aliphatic carbocycles. The fraction of sp³-hybridized carbons (Fsp3) is 0.571. The monoisotopic (exact) mass is 306 g/mol. The maximum Gasteiger partial charge on any atom is 0.416 e. The lowest BCUT2D eigenvalue weighted by Crippen LogP contribution is -2.49. The second-order valence-corrected chi connectivity index (χ2v) is 5.35. The molecule has 118 valence electrons. The summed E-state index contributed by atoms with van der Waals surface area (Å²) in [6.07, 6.45) is -4.70. The summed E-state index contributed by atoms with van der Waals surface area (Å²) in [6.45, 7) is 3.63. The molecule has 0 bridgehead atoms. The van der Waals surface area contributed by atoms with Crippen molar-refractivity contribution in [2.75, 3.05) is 19.7 Å². The van der Waals surface area contributed by atoms with Crippen molar-refractivity contribution in [2.24, 2.45) is 5.73 Å². The molecule has 0 aromatic heterocycles. The number of hydrogen-bond acceptors (Lipinski definition) is 3. The zero-order valence-corrected chi connectivity index (χ0v) is 11.7. The molecule has 21 heavy (non-hydrogen) atoms. The standard InChI is InChI=1S/C14H18F4N2O/c1-9(19)13-8-20(2-3-21-13)7-10-4-11(14(16,17)18)6-12(15)5-10/h4-6,9,13H,2-3,7-8,19H2,1H3/t9-,13+/m0/s1. The van der Waals surface area contributed by atoms with Crippen LogP contribution in [0.3, 0.4) is 0 Å². The lowest BCUT2D eigenvalue weighted by molar-refractivity contribution is -0.137. The first-order valence-corrected chi connectivity index (χ1v) is 6.72. The Morgan fingerprint density at radius 3 is 2.71 bits per heavy atom. The zero-order valence-electron chi connectivity index (χ0n) is 11.7. The second-order valence-electron chi connectivity index (χ2n) is 5.35. The molecule has 0 unspecified atom stereocenters. The third-order valence-electron chi connectivity index (χ3n) is 3.46. The van der Waals surface area contributed by atoms with E-state index in [0.717, 1.165) is 12.1 Å². The molecule has 1 aromatic rings. The Labute approximate surface area is 120 Å². The van der Waals surface area contributed by atoms with Crippen LogP contribution in [0.5, 0.6) is 0 Å². The van der Waals surface area contributed by atoms with Gasteiger partial charge in [0.2, 0.25) is 0 Å². The Hall–Kier alpha value is -1.18. The summed E-state index contributed by atoms with van der Waals surface area (Å²) < 4.78 is 56.9. The Morgan fingerprint density at radius 2 is 2.10 bits per heavy atom. The van der Waals surface area contributed by atoms with E-state index >= 15 is 0 Å². The second kappa shape index (κ2) is 6.29. The minimum atomic E-state index is -4.55. The molecule has 7 heteroatoms. The molecule has 3 nitrogen and oxygen atoms in total. The van der Waals surface area contributed by atoms with Crippen LogP contribution in [-0.2, 0) is 17.5 Å². The molecular weight excluding hydrogens is 288 g/mol. The van der Waals surface area contributed by atoms with E-state index in [2.05, 4.69) is 0 Å². The summed E-state index contributed by atoms with van der Waals surface area (Å²) in [7, 11) is 0. The van der Waals surface area contributed by atoms with E-state index in [-0.39, 0.29) is 18.7 Å². The minimum absolute atomic E-state index is 0.158. The van der Waals surface area contributed by atoms with Crippen LogP contribution in [0.2, 0.25) is 0 Å². The summed E-state index contributed by atoms with van der Waals surface area (Å²) in [5, 5.41) is 0. The van der Waals surface area contributed by atoms with Gasteiger partial charge in [-0.3, -0.25) is 4.90 Å². The number of nitrogens with zero attached hydrogens (tertiary/aromatic N) is 1. The lowest BCUT2D eigenvalue weighted by Gasteiger charge is -2.34. The van der Waals surface area contributed by atoms with Crippen LogP contribution in [0.15, 0.2) is 18.2 Å². The lowest BCUT2D eigenvalue weighted by atomic mass is 10.1. The number of rotatable bonds is 3. The number of ether oxygens (including phenoxy) is 1. The molecule has 0 amide bonds. The highest BCUT2D eigenvalue weighted by Crippen LogP contribution is 2.30. The van der Waals surface area contributed by atoms with Crippen molar-refractivity contribution in [1.29, 1.82) is 0 Å². The van der Waals surface area contributed by atoms with Crippen molar-refractivity contribution < 1.29 is 22.3 Å².